The molecule has 0 amide bonds. The van der Waals surface area contributed by atoms with Crippen molar-refractivity contribution in [2.24, 2.45) is 5.10 Å². The zero-order valence-corrected chi connectivity index (χ0v) is 20.1. The van der Waals surface area contributed by atoms with Crippen LogP contribution in [0.2, 0.25) is 0 Å². The molecule has 4 rings (SSSR count). The molecule has 2 aliphatic heterocycles. The van der Waals surface area contributed by atoms with Crippen molar-refractivity contribution < 1.29 is 24.0 Å². The van der Waals surface area contributed by atoms with Gasteiger partial charge in [-0.1, -0.05) is 42.1 Å². The molecule has 34 heavy (non-hydrogen) atoms. The van der Waals surface area contributed by atoms with E-state index in [9.17, 15) is 19.7 Å². The molecule has 1 spiro atoms. The number of carbonyl (C=O) groups excluding carboxylic acids is 2. The number of hydrogen-bond donors (Lipinski definition) is 0. The third-order valence-corrected chi connectivity index (χ3v) is 7.86. The summed E-state index contributed by atoms with van der Waals surface area (Å²) in [4.78, 5) is 38.9. The molecule has 2 aromatic carbocycles. The Kier molecular flexibility index (Phi) is 6.53. The summed E-state index contributed by atoms with van der Waals surface area (Å²) in [5.41, 5.74) is 1.22. The van der Waals surface area contributed by atoms with Crippen LogP contribution in [-0.2, 0) is 19.1 Å². The van der Waals surface area contributed by atoms with Crippen LogP contribution in [0.15, 0.2) is 70.3 Å². The molecule has 0 saturated carbocycles. The number of hydrazone groups is 1. The number of hydrogen-bond acceptors (Lipinski definition) is 11. The van der Waals surface area contributed by atoms with E-state index in [2.05, 4.69) is 5.10 Å². The second-order valence-corrected chi connectivity index (χ2v) is 9.61. The SMILES string of the molecule is CCOC(=O)C1=C(C)N(c2ccccc2)[C@]2(SC(C(=O)OC)=NN2c2ccccc2[N+](=O)[O-])S1. The fourth-order valence-corrected chi connectivity index (χ4v) is 6.57. The Bertz CT molecular complexity index is 1220. The number of carbonyl (C=O) groups is 2. The van der Waals surface area contributed by atoms with Crippen molar-refractivity contribution in [2.75, 3.05) is 23.6 Å². The molecule has 1 atom stereocenters. The van der Waals surface area contributed by atoms with Crippen molar-refractivity contribution in [3.8, 4) is 0 Å². The smallest absolute Gasteiger partial charge is 0.365 e. The van der Waals surface area contributed by atoms with Crippen molar-refractivity contribution in [1.82, 2.24) is 0 Å². The highest BCUT2D eigenvalue weighted by Crippen LogP contribution is 2.61. The summed E-state index contributed by atoms with van der Waals surface area (Å²) in [6.45, 7) is 3.65. The third-order valence-electron chi connectivity index (χ3n) is 5.01. The van der Waals surface area contributed by atoms with Gasteiger partial charge >= 0.3 is 11.9 Å². The lowest BCUT2D eigenvalue weighted by atomic mass is 10.2. The van der Waals surface area contributed by atoms with Crippen LogP contribution >= 0.6 is 23.5 Å². The lowest BCUT2D eigenvalue weighted by Gasteiger charge is -2.40. The number of nitrogens with zero attached hydrogens (tertiary/aromatic N) is 4. The summed E-state index contributed by atoms with van der Waals surface area (Å²) in [7, 11) is 1.23. The first-order chi connectivity index (χ1) is 16.3. The Morgan fingerprint density at radius 2 is 1.76 bits per heavy atom. The molecule has 176 valence electrons. The lowest BCUT2D eigenvalue weighted by Crippen LogP contribution is -2.49. The van der Waals surface area contributed by atoms with Crippen molar-refractivity contribution in [3.05, 3.63) is 75.3 Å². The lowest BCUT2D eigenvalue weighted by molar-refractivity contribution is -0.384. The second kappa shape index (κ2) is 9.39. The summed E-state index contributed by atoms with van der Waals surface area (Å²) in [6.07, 6.45) is 0. The molecule has 0 radical (unpaired) electrons. The Morgan fingerprint density at radius 1 is 1.09 bits per heavy atom. The van der Waals surface area contributed by atoms with Gasteiger partial charge in [0.05, 0.1) is 18.6 Å². The average molecular weight is 501 g/mol. The minimum absolute atomic E-state index is 0.00742. The highest BCUT2D eigenvalue weighted by Gasteiger charge is 2.59. The molecule has 2 aromatic rings. The number of anilines is 2. The number of benzene rings is 2. The van der Waals surface area contributed by atoms with Crippen LogP contribution in [0.5, 0.6) is 0 Å². The number of para-hydroxylation sites is 3. The Morgan fingerprint density at radius 3 is 2.41 bits per heavy atom. The zero-order chi connectivity index (χ0) is 24.5. The number of ether oxygens (including phenoxy) is 2. The predicted molar refractivity (Wildman–Crippen MR) is 131 cm³/mol. The Balaban J connectivity index is 1.95. The van der Waals surface area contributed by atoms with E-state index in [1.54, 1.807) is 32.0 Å². The van der Waals surface area contributed by atoms with Crippen LogP contribution in [0.3, 0.4) is 0 Å². The molecule has 0 N–H and O–H groups in total. The van der Waals surface area contributed by atoms with E-state index >= 15 is 0 Å². The van der Waals surface area contributed by atoms with Gasteiger partial charge in [-0.3, -0.25) is 10.1 Å². The molecule has 0 aliphatic carbocycles. The topological polar surface area (TPSA) is 115 Å². The van der Waals surface area contributed by atoms with Crippen LogP contribution in [0.4, 0.5) is 17.1 Å². The van der Waals surface area contributed by atoms with Crippen molar-refractivity contribution in [1.29, 1.82) is 0 Å². The van der Waals surface area contributed by atoms with Gasteiger partial charge in [0.2, 0.25) is 9.37 Å². The second-order valence-electron chi connectivity index (χ2n) is 7.01. The molecule has 0 saturated heterocycles. The van der Waals surface area contributed by atoms with Gasteiger partial charge in [0.1, 0.15) is 10.6 Å². The first kappa shape index (κ1) is 23.6. The van der Waals surface area contributed by atoms with Gasteiger partial charge < -0.3 is 14.4 Å². The number of rotatable bonds is 6. The zero-order valence-electron chi connectivity index (χ0n) is 18.5. The monoisotopic (exact) mass is 500 g/mol. The molecule has 0 fully saturated rings. The fraction of sp³-hybridized carbons (Fsp3) is 0.227. The normalized spacial score (nSPS) is 19.4. The molecule has 12 heteroatoms. The third kappa shape index (κ3) is 3.88. The summed E-state index contributed by atoms with van der Waals surface area (Å²) < 4.78 is 8.87. The van der Waals surface area contributed by atoms with E-state index < -0.39 is 21.2 Å². The number of thioether (sulfide) groups is 2. The summed E-state index contributed by atoms with van der Waals surface area (Å²) >= 11 is 2.15. The summed E-state index contributed by atoms with van der Waals surface area (Å²) in [6, 6.07) is 15.3. The van der Waals surface area contributed by atoms with E-state index in [1.165, 1.54) is 18.2 Å². The minimum atomic E-state index is -1.30. The molecule has 2 heterocycles. The van der Waals surface area contributed by atoms with E-state index in [-0.39, 0.29) is 23.0 Å². The van der Waals surface area contributed by atoms with E-state index in [0.29, 0.717) is 16.3 Å². The summed E-state index contributed by atoms with van der Waals surface area (Å²) in [5, 5.41) is 17.7. The Hall–Kier alpha value is -3.51. The minimum Gasteiger partial charge on any atom is -0.464 e. The number of nitro benzene ring substituents is 1. The van der Waals surface area contributed by atoms with Gasteiger partial charge in [-0.15, -0.1) is 0 Å². The predicted octanol–water partition coefficient (Wildman–Crippen LogP) is 4.29. The highest BCUT2D eigenvalue weighted by atomic mass is 32.2. The maximum absolute atomic E-state index is 12.9. The van der Waals surface area contributed by atoms with Crippen LogP contribution in [0, 0.1) is 10.1 Å². The maximum Gasteiger partial charge on any atom is 0.365 e. The Labute approximate surface area is 203 Å². The van der Waals surface area contributed by atoms with Gasteiger partial charge in [-0.2, -0.15) is 5.10 Å². The first-order valence-corrected chi connectivity index (χ1v) is 11.8. The standard InChI is InChI=1S/C22H20N4O6S2/c1-4-32-20(27)18-14(2)24(15-10-6-5-7-11-15)22(33-18)25(23-19(34-22)21(28)31-3)16-12-8-9-13-17(16)26(29)30/h5-13H,4H2,1-3H3/t22-/m1/s1. The molecular formula is C22H20N4O6S2. The molecule has 0 unspecified atom stereocenters. The first-order valence-electron chi connectivity index (χ1n) is 10.2. The highest BCUT2D eigenvalue weighted by molar-refractivity contribution is 8.29. The van der Waals surface area contributed by atoms with E-state index in [0.717, 1.165) is 23.5 Å². The van der Waals surface area contributed by atoms with Gasteiger partial charge in [0.25, 0.3) is 5.69 Å². The number of esters is 2. The number of nitro groups is 1. The number of allylic oxidation sites excluding steroid dienone is 1. The fourth-order valence-electron chi connectivity index (χ4n) is 3.61. The van der Waals surface area contributed by atoms with Crippen molar-refractivity contribution in [2.45, 2.75) is 18.2 Å². The molecule has 0 bridgehead atoms. The molecule has 10 nitrogen and oxygen atoms in total. The van der Waals surface area contributed by atoms with Crippen molar-refractivity contribution >= 4 is 57.6 Å². The van der Waals surface area contributed by atoms with E-state index in [4.69, 9.17) is 9.47 Å². The number of methoxy groups -OCH3 is 1. The quantitative estimate of drug-likeness (QED) is 0.323. The summed E-state index contributed by atoms with van der Waals surface area (Å²) in [5.74, 6) is -1.22. The van der Waals surface area contributed by atoms with Crippen LogP contribution in [0.1, 0.15) is 13.8 Å². The van der Waals surface area contributed by atoms with E-state index in [1.807, 2.05) is 35.2 Å². The van der Waals surface area contributed by atoms with Crippen LogP contribution < -0.4 is 9.91 Å². The van der Waals surface area contributed by atoms with Crippen molar-refractivity contribution in [3.63, 3.8) is 0 Å². The van der Waals surface area contributed by atoms with Crippen LogP contribution in [0.25, 0.3) is 0 Å². The van der Waals surface area contributed by atoms with Gasteiger partial charge in [0, 0.05) is 17.5 Å². The molecule has 0 aromatic heterocycles. The van der Waals surface area contributed by atoms with Gasteiger partial charge in [-0.25, -0.2) is 14.6 Å². The molecule has 2 aliphatic rings. The average Bonchev–Trinajstić information content (AvgIpc) is 3.36. The largest absolute Gasteiger partial charge is 0.464 e. The van der Waals surface area contributed by atoms with Gasteiger partial charge in [-0.05, 0) is 43.8 Å². The molecular weight excluding hydrogens is 480 g/mol. The maximum atomic E-state index is 12.9. The van der Waals surface area contributed by atoms with Crippen LogP contribution in [-0.4, -0.2) is 39.9 Å². The van der Waals surface area contributed by atoms with Gasteiger partial charge in [0.15, 0.2) is 0 Å².